The molecule has 1 aromatic rings. The Kier molecular flexibility index (Phi) is 3.29. The molecule has 0 bridgehead atoms. The van der Waals surface area contributed by atoms with Gasteiger partial charge in [0.15, 0.2) is 0 Å². The van der Waals surface area contributed by atoms with Crippen LogP contribution in [0.15, 0.2) is 18.3 Å². The third-order valence-corrected chi connectivity index (χ3v) is 2.25. The van der Waals surface area contributed by atoms with Crippen molar-refractivity contribution in [1.82, 2.24) is 4.98 Å². The van der Waals surface area contributed by atoms with Crippen molar-refractivity contribution < 1.29 is 4.74 Å². The Morgan fingerprint density at radius 3 is 2.80 bits per heavy atom. The molecule has 0 saturated carbocycles. The van der Waals surface area contributed by atoms with Gasteiger partial charge in [0.05, 0.1) is 0 Å². The highest BCUT2D eigenvalue weighted by atomic mass is 16.5. The van der Waals surface area contributed by atoms with Crippen LogP contribution in [-0.4, -0.2) is 16.4 Å². The van der Waals surface area contributed by atoms with Crippen molar-refractivity contribution in [1.29, 1.82) is 5.41 Å². The number of amidine groups is 1. The third-order valence-electron chi connectivity index (χ3n) is 2.25. The summed E-state index contributed by atoms with van der Waals surface area (Å²) in [6, 6.07) is 3.45. The van der Waals surface area contributed by atoms with Gasteiger partial charge in [-0.3, -0.25) is 10.4 Å². The Morgan fingerprint density at radius 2 is 2.27 bits per heavy atom. The standard InChI is InChI=1S/C11H17N3O/c1-4-11(2,3)15-8-5-6-14-9(7-8)10(12)13/h5-7H,4H2,1-3H3,(H3,12,13). The van der Waals surface area contributed by atoms with Gasteiger partial charge in [0.2, 0.25) is 0 Å². The van der Waals surface area contributed by atoms with Crippen LogP contribution in [0.1, 0.15) is 32.9 Å². The minimum absolute atomic E-state index is 0.0465. The van der Waals surface area contributed by atoms with Gasteiger partial charge >= 0.3 is 0 Å². The summed E-state index contributed by atoms with van der Waals surface area (Å²) in [5.74, 6) is 0.650. The van der Waals surface area contributed by atoms with Crippen LogP contribution in [0.5, 0.6) is 5.75 Å². The van der Waals surface area contributed by atoms with E-state index in [-0.39, 0.29) is 11.4 Å². The summed E-state index contributed by atoms with van der Waals surface area (Å²) in [5, 5.41) is 7.27. The van der Waals surface area contributed by atoms with Crippen LogP contribution >= 0.6 is 0 Å². The Balaban J connectivity index is 2.87. The zero-order valence-corrected chi connectivity index (χ0v) is 9.37. The van der Waals surface area contributed by atoms with Crippen LogP contribution in [0.3, 0.4) is 0 Å². The highest BCUT2D eigenvalue weighted by molar-refractivity contribution is 5.93. The van der Waals surface area contributed by atoms with Gasteiger partial charge in [-0.2, -0.15) is 0 Å². The van der Waals surface area contributed by atoms with Crippen LogP contribution in [0.4, 0.5) is 0 Å². The number of nitrogen functional groups attached to an aromatic ring is 1. The first kappa shape index (κ1) is 11.5. The zero-order chi connectivity index (χ0) is 11.5. The SMILES string of the molecule is CCC(C)(C)Oc1ccnc(C(=N)N)c1. The smallest absolute Gasteiger partial charge is 0.141 e. The maximum atomic E-state index is 7.27. The molecule has 0 aliphatic heterocycles. The van der Waals surface area contributed by atoms with E-state index in [1.807, 2.05) is 13.8 Å². The average molecular weight is 207 g/mol. The molecule has 0 radical (unpaired) electrons. The van der Waals surface area contributed by atoms with Gasteiger partial charge in [0.1, 0.15) is 22.9 Å². The number of pyridine rings is 1. The highest BCUT2D eigenvalue weighted by Gasteiger charge is 2.17. The summed E-state index contributed by atoms with van der Waals surface area (Å²) in [7, 11) is 0. The van der Waals surface area contributed by atoms with Crippen molar-refractivity contribution >= 4 is 5.84 Å². The fraction of sp³-hybridized carbons (Fsp3) is 0.455. The molecule has 0 unspecified atom stereocenters. The Bertz CT molecular complexity index is 361. The van der Waals surface area contributed by atoms with E-state index in [0.29, 0.717) is 11.4 Å². The second-order valence-corrected chi connectivity index (χ2v) is 4.01. The molecule has 82 valence electrons. The number of nitrogens with two attached hydrogens (primary N) is 1. The maximum Gasteiger partial charge on any atom is 0.141 e. The van der Waals surface area contributed by atoms with Crippen LogP contribution in [0.25, 0.3) is 0 Å². The topological polar surface area (TPSA) is 72.0 Å². The first-order chi connectivity index (χ1) is 6.94. The van der Waals surface area contributed by atoms with Crippen molar-refractivity contribution in [3.63, 3.8) is 0 Å². The third kappa shape index (κ3) is 3.23. The maximum absolute atomic E-state index is 7.27. The predicted octanol–water partition coefficient (Wildman–Crippen LogP) is 1.93. The molecule has 0 amide bonds. The van der Waals surface area contributed by atoms with E-state index in [9.17, 15) is 0 Å². The van der Waals surface area contributed by atoms with Gasteiger partial charge in [-0.15, -0.1) is 0 Å². The van der Waals surface area contributed by atoms with E-state index in [1.54, 1.807) is 18.3 Å². The normalized spacial score (nSPS) is 11.1. The van der Waals surface area contributed by atoms with Gasteiger partial charge < -0.3 is 10.5 Å². The number of nitrogens with zero attached hydrogens (tertiary/aromatic N) is 1. The lowest BCUT2D eigenvalue weighted by Crippen LogP contribution is -2.27. The number of rotatable bonds is 4. The van der Waals surface area contributed by atoms with Gasteiger partial charge in [-0.25, -0.2) is 0 Å². The molecular weight excluding hydrogens is 190 g/mol. The minimum Gasteiger partial charge on any atom is -0.488 e. The molecule has 0 aromatic carbocycles. The van der Waals surface area contributed by atoms with Crippen molar-refractivity contribution in [3.8, 4) is 5.75 Å². The Labute approximate surface area is 90.0 Å². The number of ether oxygens (including phenoxy) is 1. The fourth-order valence-corrected chi connectivity index (χ4v) is 1.01. The number of hydrogen-bond donors (Lipinski definition) is 2. The van der Waals surface area contributed by atoms with E-state index in [0.717, 1.165) is 6.42 Å². The van der Waals surface area contributed by atoms with Crippen molar-refractivity contribution in [3.05, 3.63) is 24.0 Å². The fourth-order valence-electron chi connectivity index (χ4n) is 1.01. The Morgan fingerprint density at radius 1 is 1.60 bits per heavy atom. The van der Waals surface area contributed by atoms with Gasteiger partial charge in [-0.1, -0.05) is 6.92 Å². The molecule has 1 aromatic heterocycles. The van der Waals surface area contributed by atoms with E-state index < -0.39 is 0 Å². The van der Waals surface area contributed by atoms with Gasteiger partial charge in [0.25, 0.3) is 0 Å². The molecule has 0 spiro atoms. The summed E-state index contributed by atoms with van der Waals surface area (Å²) in [6.07, 6.45) is 2.50. The summed E-state index contributed by atoms with van der Waals surface area (Å²) in [4.78, 5) is 3.97. The van der Waals surface area contributed by atoms with E-state index in [4.69, 9.17) is 15.9 Å². The lowest BCUT2D eigenvalue weighted by atomic mass is 10.1. The lowest BCUT2D eigenvalue weighted by molar-refractivity contribution is 0.105. The minimum atomic E-state index is -0.213. The molecule has 0 saturated heterocycles. The van der Waals surface area contributed by atoms with Crippen LogP contribution < -0.4 is 10.5 Å². The van der Waals surface area contributed by atoms with E-state index >= 15 is 0 Å². The molecular formula is C11H17N3O. The summed E-state index contributed by atoms with van der Waals surface area (Å²) >= 11 is 0. The molecule has 1 heterocycles. The monoisotopic (exact) mass is 207 g/mol. The Hall–Kier alpha value is -1.58. The molecule has 0 atom stereocenters. The highest BCUT2D eigenvalue weighted by Crippen LogP contribution is 2.20. The first-order valence-electron chi connectivity index (χ1n) is 4.94. The van der Waals surface area contributed by atoms with Crippen LogP contribution in [-0.2, 0) is 0 Å². The van der Waals surface area contributed by atoms with Crippen molar-refractivity contribution in [2.75, 3.05) is 0 Å². The molecule has 0 aliphatic carbocycles. The molecule has 0 fully saturated rings. The lowest BCUT2D eigenvalue weighted by Gasteiger charge is -2.24. The second-order valence-electron chi connectivity index (χ2n) is 4.01. The predicted molar refractivity (Wildman–Crippen MR) is 60.3 cm³/mol. The zero-order valence-electron chi connectivity index (χ0n) is 9.37. The molecule has 1 rings (SSSR count). The number of nitrogens with one attached hydrogen (secondary N) is 1. The number of aromatic nitrogens is 1. The first-order valence-corrected chi connectivity index (χ1v) is 4.94. The van der Waals surface area contributed by atoms with Crippen LogP contribution in [0.2, 0.25) is 0 Å². The summed E-state index contributed by atoms with van der Waals surface area (Å²) < 4.78 is 5.75. The molecule has 4 nitrogen and oxygen atoms in total. The molecule has 0 aliphatic rings. The summed E-state index contributed by atoms with van der Waals surface area (Å²) in [5.41, 5.74) is 5.58. The van der Waals surface area contributed by atoms with Crippen LogP contribution in [0, 0.1) is 5.41 Å². The molecule has 15 heavy (non-hydrogen) atoms. The van der Waals surface area contributed by atoms with Crippen molar-refractivity contribution in [2.24, 2.45) is 5.73 Å². The molecule has 4 heteroatoms. The van der Waals surface area contributed by atoms with Gasteiger partial charge in [-0.05, 0) is 26.3 Å². The quantitative estimate of drug-likeness (QED) is 0.585. The average Bonchev–Trinajstić information content (AvgIpc) is 2.17. The molecule has 3 N–H and O–H groups in total. The van der Waals surface area contributed by atoms with E-state index in [2.05, 4.69) is 11.9 Å². The number of hydrogen-bond acceptors (Lipinski definition) is 3. The van der Waals surface area contributed by atoms with Gasteiger partial charge in [0, 0.05) is 12.3 Å². The van der Waals surface area contributed by atoms with E-state index in [1.165, 1.54) is 0 Å². The van der Waals surface area contributed by atoms with Crippen molar-refractivity contribution in [2.45, 2.75) is 32.8 Å². The summed E-state index contributed by atoms with van der Waals surface area (Å²) in [6.45, 7) is 6.09. The largest absolute Gasteiger partial charge is 0.488 e. The second kappa shape index (κ2) is 4.29.